The molecule has 2 aliphatic carbocycles. The molecule has 2 aliphatic rings. The highest BCUT2D eigenvalue weighted by Gasteiger charge is 2.34. The minimum Gasteiger partial charge on any atom is -0.266 e. The van der Waals surface area contributed by atoms with Gasteiger partial charge in [-0.3, -0.25) is 4.79 Å². The highest BCUT2D eigenvalue weighted by Crippen LogP contribution is 2.42. The van der Waals surface area contributed by atoms with Crippen LogP contribution in [0.1, 0.15) is 12.8 Å². The number of nitrogens with zero attached hydrogens (tertiary/aromatic N) is 2. The Hall–Kier alpha value is -1.97. The van der Waals surface area contributed by atoms with Crippen molar-refractivity contribution in [2.45, 2.75) is 19.4 Å². The first-order valence-electron chi connectivity index (χ1n) is 6.76. The molecule has 3 rings (SSSR count). The maximum atomic E-state index is 11.7. The molecule has 2 bridgehead atoms. The molecule has 0 radical (unpaired) electrons. The lowest BCUT2D eigenvalue weighted by Gasteiger charge is -2.11. The van der Waals surface area contributed by atoms with E-state index < -0.39 is 0 Å². The minimum atomic E-state index is -0.0915. The number of carbonyl (C=O) groups excluding carboxylic acids is 1. The van der Waals surface area contributed by atoms with Crippen LogP contribution in [0.4, 0.5) is 0 Å². The van der Waals surface area contributed by atoms with Crippen molar-refractivity contribution in [3.05, 3.63) is 42.7 Å². The predicted octanol–water partition coefficient (Wildman–Crippen LogP) is 1.29. The SMILES string of the molecule is O=C(C[n+]1ccccc1)N/N=C/C1CC2C=CC1C2. The van der Waals surface area contributed by atoms with E-state index >= 15 is 0 Å². The van der Waals surface area contributed by atoms with Crippen LogP contribution in [-0.2, 0) is 11.3 Å². The quantitative estimate of drug-likeness (QED) is 0.375. The second kappa shape index (κ2) is 5.34. The maximum Gasteiger partial charge on any atom is 0.305 e. The van der Waals surface area contributed by atoms with Crippen LogP contribution in [0.3, 0.4) is 0 Å². The molecular formula is C15H18N3O+. The fraction of sp³-hybridized carbons (Fsp3) is 0.400. The van der Waals surface area contributed by atoms with Crippen molar-refractivity contribution in [3.63, 3.8) is 0 Å². The van der Waals surface area contributed by atoms with Crippen molar-refractivity contribution in [3.8, 4) is 0 Å². The molecule has 0 aromatic carbocycles. The smallest absolute Gasteiger partial charge is 0.266 e. The lowest BCUT2D eigenvalue weighted by molar-refractivity contribution is -0.684. The lowest BCUT2D eigenvalue weighted by Crippen LogP contribution is -2.40. The number of hydrazone groups is 1. The van der Waals surface area contributed by atoms with Crippen LogP contribution in [0, 0.1) is 17.8 Å². The molecule has 4 heteroatoms. The number of allylic oxidation sites excluding steroid dienone is 2. The van der Waals surface area contributed by atoms with Crippen LogP contribution in [-0.4, -0.2) is 12.1 Å². The van der Waals surface area contributed by atoms with Crippen LogP contribution in [0.2, 0.25) is 0 Å². The molecule has 1 aromatic rings. The zero-order chi connectivity index (χ0) is 13.1. The van der Waals surface area contributed by atoms with E-state index in [0.717, 1.165) is 5.92 Å². The first-order valence-corrected chi connectivity index (χ1v) is 6.76. The summed E-state index contributed by atoms with van der Waals surface area (Å²) in [5.41, 5.74) is 2.60. The van der Waals surface area contributed by atoms with Crippen LogP contribution in [0.15, 0.2) is 47.8 Å². The van der Waals surface area contributed by atoms with Crippen LogP contribution in [0.5, 0.6) is 0 Å². The summed E-state index contributed by atoms with van der Waals surface area (Å²) in [7, 11) is 0. The Bertz CT molecular complexity index is 509. The molecule has 19 heavy (non-hydrogen) atoms. The van der Waals surface area contributed by atoms with Crippen molar-refractivity contribution in [1.29, 1.82) is 0 Å². The highest BCUT2D eigenvalue weighted by molar-refractivity contribution is 5.75. The summed E-state index contributed by atoms with van der Waals surface area (Å²) >= 11 is 0. The molecule has 1 saturated carbocycles. The zero-order valence-electron chi connectivity index (χ0n) is 10.8. The van der Waals surface area contributed by atoms with Crippen molar-refractivity contribution in [2.24, 2.45) is 22.9 Å². The summed E-state index contributed by atoms with van der Waals surface area (Å²) in [5.74, 6) is 1.78. The average Bonchev–Trinajstić information content (AvgIpc) is 3.02. The van der Waals surface area contributed by atoms with Crippen molar-refractivity contribution in [2.75, 3.05) is 0 Å². The van der Waals surface area contributed by atoms with Gasteiger partial charge in [0.25, 0.3) is 0 Å². The van der Waals surface area contributed by atoms with E-state index in [1.165, 1.54) is 12.8 Å². The summed E-state index contributed by atoms with van der Waals surface area (Å²) < 4.78 is 1.82. The van der Waals surface area contributed by atoms with Gasteiger partial charge in [-0.05, 0) is 24.7 Å². The molecule has 4 nitrogen and oxygen atoms in total. The number of aromatic nitrogens is 1. The summed E-state index contributed by atoms with van der Waals surface area (Å²) in [6.45, 7) is 0.300. The number of amides is 1. The van der Waals surface area contributed by atoms with E-state index in [1.54, 1.807) is 0 Å². The normalized spacial score (nSPS) is 28.1. The van der Waals surface area contributed by atoms with Gasteiger partial charge in [0.2, 0.25) is 6.54 Å². The van der Waals surface area contributed by atoms with E-state index in [9.17, 15) is 4.79 Å². The Morgan fingerprint density at radius 1 is 1.26 bits per heavy atom. The number of fused-ring (bicyclic) bond motifs is 2. The molecule has 1 aromatic heterocycles. The van der Waals surface area contributed by atoms with Crippen molar-refractivity contribution in [1.82, 2.24) is 5.43 Å². The standard InChI is InChI=1S/C15H17N3O/c19-15(11-18-6-2-1-3-7-18)17-16-10-14-9-12-4-5-13(14)8-12/h1-7,10,12-14H,8-9,11H2/p+1/b16-10+. The third kappa shape index (κ3) is 2.89. The van der Waals surface area contributed by atoms with Gasteiger partial charge in [0.15, 0.2) is 12.4 Å². The van der Waals surface area contributed by atoms with E-state index in [0.29, 0.717) is 18.4 Å². The Morgan fingerprint density at radius 2 is 2.11 bits per heavy atom. The monoisotopic (exact) mass is 256 g/mol. The molecular weight excluding hydrogens is 238 g/mol. The first-order chi connectivity index (χ1) is 9.31. The highest BCUT2D eigenvalue weighted by atomic mass is 16.2. The molecule has 3 unspecified atom stereocenters. The third-order valence-corrected chi connectivity index (χ3v) is 3.89. The Labute approximate surface area is 112 Å². The van der Waals surface area contributed by atoms with Gasteiger partial charge in [0, 0.05) is 24.3 Å². The maximum absolute atomic E-state index is 11.7. The minimum absolute atomic E-state index is 0.0915. The molecule has 1 N–H and O–H groups in total. The third-order valence-electron chi connectivity index (χ3n) is 3.89. The lowest BCUT2D eigenvalue weighted by atomic mass is 9.95. The molecule has 1 heterocycles. The second-order valence-corrected chi connectivity index (χ2v) is 5.31. The van der Waals surface area contributed by atoms with Crippen LogP contribution in [0.25, 0.3) is 0 Å². The molecule has 0 spiro atoms. The van der Waals surface area contributed by atoms with Gasteiger partial charge in [-0.15, -0.1) is 0 Å². The Kier molecular flexibility index (Phi) is 3.40. The van der Waals surface area contributed by atoms with Gasteiger partial charge in [-0.2, -0.15) is 9.67 Å². The van der Waals surface area contributed by atoms with Gasteiger partial charge in [-0.25, -0.2) is 5.43 Å². The number of hydrogen-bond donors (Lipinski definition) is 1. The van der Waals surface area contributed by atoms with Crippen LogP contribution >= 0.6 is 0 Å². The number of hydrogen-bond acceptors (Lipinski definition) is 2. The fourth-order valence-electron chi connectivity index (χ4n) is 2.94. The van der Waals surface area contributed by atoms with Crippen LogP contribution < -0.4 is 9.99 Å². The van der Waals surface area contributed by atoms with Gasteiger partial charge >= 0.3 is 5.91 Å². The van der Waals surface area contributed by atoms with Crippen molar-refractivity contribution >= 4 is 12.1 Å². The number of pyridine rings is 1. The Balaban J connectivity index is 1.47. The molecule has 0 saturated heterocycles. The Morgan fingerprint density at radius 3 is 2.79 bits per heavy atom. The second-order valence-electron chi connectivity index (χ2n) is 5.31. The molecule has 1 fully saturated rings. The summed E-state index contributed by atoms with van der Waals surface area (Å²) in [5, 5.41) is 4.10. The number of nitrogens with one attached hydrogen (secondary N) is 1. The largest absolute Gasteiger partial charge is 0.305 e. The molecule has 98 valence electrons. The van der Waals surface area contributed by atoms with E-state index in [-0.39, 0.29) is 5.91 Å². The van der Waals surface area contributed by atoms with Crippen molar-refractivity contribution < 1.29 is 9.36 Å². The summed E-state index contributed by atoms with van der Waals surface area (Å²) in [4.78, 5) is 11.7. The van der Waals surface area contributed by atoms with Gasteiger partial charge in [0.05, 0.1) is 0 Å². The average molecular weight is 256 g/mol. The summed E-state index contributed by atoms with van der Waals surface area (Å²) in [6.07, 6.45) is 12.7. The molecule has 1 amide bonds. The molecule has 0 aliphatic heterocycles. The van der Waals surface area contributed by atoms with Gasteiger partial charge < -0.3 is 0 Å². The first kappa shape index (κ1) is 12.1. The van der Waals surface area contributed by atoms with E-state index in [2.05, 4.69) is 22.7 Å². The zero-order valence-corrected chi connectivity index (χ0v) is 10.8. The number of carbonyl (C=O) groups is 1. The number of rotatable bonds is 4. The van der Waals surface area contributed by atoms with E-state index in [4.69, 9.17) is 0 Å². The van der Waals surface area contributed by atoms with Gasteiger partial charge in [0.1, 0.15) is 0 Å². The predicted molar refractivity (Wildman–Crippen MR) is 72.1 cm³/mol. The summed E-state index contributed by atoms with van der Waals surface area (Å²) in [6, 6.07) is 5.73. The van der Waals surface area contributed by atoms with E-state index in [1.807, 2.05) is 41.4 Å². The topological polar surface area (TPSA) is 45.3 Å². The molecule has 3 atom stereocenters. The van der Waals surface area contributed by atoms with Gasteiger partial charge in [-0.1, -0.05) is 18.2 Å². The fourth-order valence-corrected chi connectivity index (χ4v) is 2.94.